The van der Waals surface area contributed by atoms with Gasteiger partial charge in [0.05, 0.1) is 0 Å². The van der Waals surface area contributed by atoms with E-state index in [-0.39, 0.29) is 5.91 Å². The van der Waals surface area contributed by atoms with Crippen molar-refractivity contribution >= 4 is 11.7 Å². The second-order valence-electron chi connectivity index (χ2n) is 7.78. The van der Waals surface area contributed by atoms with Crippen LogP contribution < -0.4 is 4.90 Å². The molecule has 1 aromatic carbocycles. The molecule has 2 heterocycles. The van der Waals surface area contributed by atoms with Crippen molar-refractivity contribution in [2.75, 3.05) is 24.5 Å². The Hall–Kier alpha value is -2.20. The minimum absolute atomic E-state index is 0.149. The lowest BCUT2D eigenvalue weighted by Crippen LogP contribution is -2.48. The van der Waals surface area contributed by atoms with Gasteiger partial charge in [-0.2, -0.15) is 0 Å². The maximum absolute atomic E-state index is 12.7. The zero-order valence-electron chi connectivity index (χ0n) is 17.5. The van der Waals surface area contributed by atoms with Gasteiger partial charge in [-0.15, -0.1) is 0 Å². The van der Waals surface area contributed by atoms with Gasteiger partial charge in [0.15, 0.2) is 0 Å². The molecule has 0 saturated carbocycles. The number of aromatic nitrogens is 1. The largest absolute Gasteiger partial charge is 0.299 e. The molecule has 1 unspecified atom stereocenters. The molecule has 1 aliphatic heterocycles. The van der Waals surface area contributed by atoms with E-state index in [0.717, 1.165) is 37.6 Å². The number of rotatable bonds is 7. The van der Waals surface area contributed by atoms with Crippen LogP contribution in [0.1, 0.15) is 56.7 Å². The average molecular weight is 380 g/mol. The Morgan fingerprint density at radius 1 is 1.11 bits per heavy atom. The number of likely N-dealkylation sites (tertiary alicyclic amines) is 1. The first kappa shape index (κ1) is 20.5. The highest BCUT2D eigenvalue weighted by atomic mass is 16.2. The Kier molecular flexibility index (Phi) is 7.21. The summed E-state index contributed by atoms with van der Waals surface area (Å²) in [5, 5.41) is 0. The molecule has 0 bridgehead atoms. The molecule has 0 spiro atoms. The summed E-state index contributed by atoms with van der Waals surface area (Å²) < 4.78 is 0. The minimum atomic E-state index is 0.149. The zero-order chi connectivity index (χ0) is 19.9. The van der Waals surface area contributed by atoms with Gasteiger partial charge >= 0.3 is 0 Å². The molecule has 1 atom stereocenters. The molecule has 28 heavy (non-hydrogen) atoms. The highest BCUT2D eigenvalue weighted by Gasteiger charge is 2.28. The average Bonchev–Trinajstić information content (AvgIpc) is 2.75. The number of piperidine rings is 1. The highest BCUT2D eigenvalue weighted by Crippen LogP contribution is 2.29. The van der Waals surface area contributed by atoms with E-state index in [4.69, 9.17) is 0 Å². The molecule has 1 aliphatic rings. The summed E-state index contributed by atoms with van der Waals surface area (Å²) in [5.74, 6) is 1.59. The van der Waals surface area contributed by atoms with Gasteiger partial charge in [0, 0.05) is 24.7 Å². The van der Waals surface area contributed by atoms with E-state index in [0.29, 0.717) is 18.4 Å². The topological polar surface area (TPSA) is 36.4 Å². The van der Waals surface area contributed by atoms with Crippen molar-refractivity contribution in [1.82, 2.24) is 9.88 Å². The smallest absolute Gasteiger partial charge is 0.227 e. The molecule has 0 radical (unpaired) electrons. The van der Waals surface area contributed by atoms with E-state index in [9.17, 15) is 4.79 Å². The predicted molar refractivity (Wildman–Crippen MR) is 116 cm³/mol. The Morgan fingerprint density at radius 2 is 1.82 bits per heavy atom. The van der Waals surface area contributed by atoms with E-state index in [2.05, 4.69) is 47.1 Å². The van der Waals surface area contributed by atoms with Gasteiger partial charge in [-0.3, -0.25) is 14.6 Å². The summed E-state index contributed by atoms with van der Waals surface area (Å²) >= 11 is 0. The molecule has 1 amide bonds. The van der Waals surface area contributed by atoms with Crippen molar-refractivity contribution < 1.29 is 4.79 Å². The van der Waals surface area contributed by atoms with E-state index < -0.39 is 0 Å². The number of benzene rings is 1. The third kappa shape index (κ3) is 4.99. The van der Waals surface area contributed by atoms with Crippen LogP contribution in [0.3, 0.4) is 0 Å². The van der Waals surface area contributed by atoms with Crippen molar-refractivity contribution in [3.05, 3.63) is 59.8 Å². The minimum Gasteiger partial charge on any atom is -0.299 e. The van der Waals surface area contributed by atoms with Crippen molar-refractivity contribution in [2.45, 2.75) is 58.4 Å². The van der Waals surface area contributed by atoms with Crippen LogP contribution in [0.2, 0.25) is 0 Å². The molecule has 2 aromatic rings. The molecule has 3 rings (SSSR count). The van der Waals surface area contributed by atoms with Crippen molar-refractivity contribution in [2.24, 2.45) is 0 Å². The van der Waals surface area contributed by atoms with E-state index in [1.54, 1.807) is 0 Å². The number of carbonyl (C=O) groups excluding carboxylic acids is 1. The van der Waals surface area contributed by atoms with E-state index >= 15 is 0 Å². The van der Waals surface area contributed by atoms with Crippen LogP contribution >= 0.6 is 0 Å². The van der Waals surface area contributed by atoms with Crippen LogP contribution in [0.5, 0.6) is 0 Å². The highest BCUT2D eigenvalue weighted by molar-refractivity contribution is 5.92. The van der Waals surface area contributed by atoms with Crippen LogP contribution in [0.15, 0.2) is 48.5 Å². The molecule has 4 nitrogen and oxygen atoms in total. The lowest BCUT2D eigenvalue weighted by molar-refractivity contribution is -0.118. The number of hydrogen-bond donors (Lipinski definition) is 0. The molecule has 0 N–H and O–H groups in total. The molecule has 1 saturated heterocycles. The maximum atomic E-state index is 12.7. The second-order valence-corrected chi connectivity index (χ2v) is 7.78. The van der Waals surface area contributed by atoms with Gasteiger partial charge in [-0.25, -0.2) is 4.98 Å². The lowest BCUT2D eigenvalue weighted by atomic mass is 9.88. The number of amides is 1. The van der Waals surface area contributed by atoms with Crippen LogP contribution in [-0.2, 0) is 4.79 Å². The monoisotopic (exact) mass is 379 g/mol. The molecule has 0 aliphatic carbocycles. The molecular formula is C24H33N3O. The normalized spacial score (nSPS) is 16.7. The Bertz CT molecular complexity index is 753. The van der Waals surface area contributed by atoms with Gasteiger partial charge in [0.1, 0.15) is 5.82 Å². The SMILES string of the molecule is CCC(=O)N(CC(CC)N1CCC(c2ccccc2)CC1)c1cccc(C)n1. The number of nitrogens with zero attached hydrogens (tertiary/aromatic N) is 3. The molecule has 1 aromatic heterocycles. The summed E-state index contributed by atoms with van der Waals surface area (Å²) in [6.07, 6.45) is 3.91. The number of pyridine rings is 1. The van der Waals surface area contributed by atoms with Gasteiger partial charge in [0.25, 0.3) is 0 Å². The third-order valence-electron chi connectivity index (χ3n) is 5.94. The number of hydrogen-bond acceptors (Lipinski definition) is 3. The molecule has 4 heteroatoms. The maximum Gasteiger partial charge on any atom is 0.227 e. The van der Waals surface area contributed by atoms with Gasteiger partial charge in [-0.1, -0.05) is 50.2 Å². The number of aryl methyl sites for hydroxylation is 1. The van der Waals surface area contributed by atoms with Crippen LogP contribution in [0.25, 0.3) is 0 Å². The van der Waals surface area contributed by atoms with Crippen LogP contribution in [-0.4, -0.2) is 41.5 Å². The standard InChI is InChI=1S/C24H33N3O/c1-4-22(18-27(24(28)5-2)23-13-9-10-19(3)25-23)26-16-14-21(15-17-26)20-11-7-6-8-12-20/h6-13,21-22H,4-5,14-18H2,1-3H3. The van der Waals surface area contributed by atoms with E-state index in [1.807, 2.05) is 36.9 Å². The van der Waals surface area contributed by atoms with Crippen LogP contribution in [0, 0.1) is 6.92 Å². The summed E-state index contributed by atoms with van der Waals surface area (Å²) in [6, 6.07) is 17.2. The first-order chi connectivity index (χ1) is 13.6. The third-order valence-corrected chi connectivity index (χ3v) is 5.94. The summed E-state index contributed by atoms with van der Waals surface area (Å²) in [5.41, 5.74) is 2.41. The fourth-order valence-corrected chi connectivity index (χ4v) is 4.23. The number of carbonyl (C=O) groups is 1. The summed E-state index contributed by atoms with van der Waals surface area (Å²) in [7, 11) is 0. The van der Waals surface area contributed by atoms with Gasteiger partial charge < -0.3 is 0 Å². The Morgan fingerprint density at radius 3 is 2.43 bits per heavy atom. The second kappa shape index (κ2) is 9.83. The summed E-state index contributed by atoms with van der Waals surface area (Å²) in [6.45, 7) is 9.03. The lowest BCUT2D eigenvalue weighted by Gasteiger charge is -2.39. The predicted octanol–water partition coefficient (Wildman–Crippen LogP) is 4.79. The molecule has 150 valence electrons. The van der Waals surface area contributed by atoms with Crippen molar-refractivity contribution in [3.8, 4) is 0 Å². The fraction of sp³-hybridized carbons (Fsp3) is 0.500. The van der Waals surface area contributed by atoms with Crippen LogP contribution in [0.4, 0.5) is 5.82 Å². The summed E-state index contributed by atoms with van der Waals surface area (Å²) in [4.78, 5) is 21.7. The molecular weight excluding hydrogens is 346 g/mol. The zero-order valence-corrected chi connectivity index (χ0v) is 17.5. The van der Waals surface area contributed by atoms with Gasteiger partial charge in [-0.05, 0) is 62.9 Å². The molecule has 1 fully saturated rings. The Labute approximate surface area is 169 Å². The van der Waals surface area contributed by atoms with E-state index in [1.165, 1.54) is 18.4 Å². The number of anilines is 1. The van der Waals surface area contributed by atoms with Crippen molar-refractivity contribution in [1.29, 1.82) is 0 Å². The first-order valence-corrected chi connectivity index (χ1v) is 10.6. The first-order valence-electron chi connectivity index (χ1n) is 10.6. The Balaban J connectivity index is 1.67. The fourth-order valence-electron chi connectivity index (χ4n) is 4.23. The van der Waals surface area contributed by atoms with Crippen molar-refractivity contribution in [3.63, 3.8) is 0 Å². The quantitative estimate of drug-likeness (QED) is 0.694. The van der Waals surface area contributed by atoms with Gasteiger partial charge in [0.2, 0.25) is 5.91 Å².